The van der Waals surface area contributed by atoms with E-state index in [4.69, 9.17) is 16.3 Å². The van der Waals surface area contributed by atoms with E-state index in [0.29, 0.717) is 26.4 Å². The van der Waals surface area contributed by atoms with Crippen LogP contribution >= 0.6 is 22.9 Å². The highest BCUT2D eigenvalue weighted by atomic mass is 35.5. The molecule has 152 valence electrons. The first-order chi connectivity index (χ1) is 14.5. The fourth-order valence-corrected chi connectivity index (χ4v) is 4.04. The molecule has 0 aliphatic heterocycles. The molecule has 1 amide bonds. The fourth-order valence-electron chi connectivity index (χ4n) is 2.79. The molecule has 7 nitrogen and oxygen atoms in total. The number of hydrogen-bond donors (Lipinski definition) is 1. The molecule has 0 aliphatic carbocycles. The summed E-state index contributed by atoms with van der Waals surface area (Å²) < 4.78 is 6.76. The number of rotatable bonds is 6. The number of amides is 1. The van der Waals surface area contributed by atoms with Crippen LogP contribution < -0.4 is 15.6 Å². The monoisotopic (exact) mass is 440 g/mol. The Balaban J connectivity index is 1.46. The van der Waals surface area contributed by atoms with Crippen molar-refractivity contribution in [1.82, 2.24) is 19.9 Å². The molecule has 2 aromatic heterocycles. The van der Waals surface area contributed by atoms with Crippen molar-refractivity contribution < 1.29 is 9.53 Å². The van der Waals surface area contributed by atoms with Gasteiger partial charge in [-0.25, -0.2) is 4.98 Å². The Bertz CT molecular complexity index is 1280. The number of halogens is 1. The maximum absolute atomic E-state index is 12.4. The summed E-state index contributed by atoms with van der Waals surface area (Å²) in [4.78, 5) is 29.4. The zero-order valence-corrected chi connectivity index (χ0v) is 17.5. The van der Waals surface area contributed by atoms with Crippen molar-refractivity contribution >= 4 is 33.8 Å². The van der Waals surface area contributed by atoms with Crippen LogP contribution in [0.15, 0.2) is 59.4 Å². The van der Waals surface area contributed by atoms with Gasteiger partial charge in [-0.15, -0.1) is 0 Å². The summed E-state index contributed by atoms with van der Waals surface area (Å²) in [7, 11) is 0. The summed E-state index contributed by atoms with van der Waals surface area (Å²) in [6, 6.07) is 16.1. The van der Waals surface area contributed by atoms with Gasteiger partial charge in [-0.1, -0.05) is 59.3 Å². The van der Waals surface area contributed by atoms with Crippen LogP contribution in [0.3, 0.4) is 0 Å². The predicted molar refractivity (Wildman–Crippen MR) is 116 cm³/mol. The van der Waals surface area contributed by atoms with Gasteiger partial charge in [0, 0.05) is 11.6 Å². The Morgan fingerprint density at radius 1 is 1.20 bits per heavy atom. The number of ether oxygens (including phenoxy) is 1. The van der Waals surface area contributed by atoms with Crippen molar-refractivity contribution in [1.29, 1.82) is 0 Å². The maximum atomic E-state index is 12.4. The smallest absolute Gasteiger partial charge is 0.275 e. The molecule has 0 bridgehead atoms. The number of nitrogens with one attached hydrogen (secondary N) is 1. The minimum Gasteiger partial charge on any atom is -0.484 e. The number of para-hydroxylation sites is 1. The zero-order chi connectivity index (χ0) is 21.1. The number of hydrogen-bond acceptors (Lipinski definition) is 6. The van der Waals surface area contributed by atoms with E-state index < -0.39 is 0 Å². The predicted octanol–water partition coefficient (Wildman–Crippen LogP) is 3.48. The highest BCUT2D eigenvalue weighted by molar-refractivity contribution is 7.19. The number of benzene rings is 2. The number of carbonyl (C=O) groups is 1. The van der Waals surface area contributed by atoms with E-state index in [-0.39, 0.29) is 24.6 Å². The normalized spacial score (nSPS) is 10.9. The minimum atomic E-state index is -0.324. The molecule has 4 aromatic rings. The SMILES string of the molecule is Cc1ccccc1OCC(=O)NCc1cc(=O)n2nc(-c3ccccc3Cl)sc2n1. The van der Waals surface area contributed by atoms with E-state index in [1.165, 1.54) is 21.9 Å². The summed E-state index contributed by atoms with van der Waals surface area (Å²) in [6.07, 6.45) is 0. The molecule has 0 radical (unpaired) electrons. The van der Waals surface area contributed by atoms with Crippen LogP contribution in [0.1, 0.15) is 11.3 Å². The summed E-state index contributed by atoms with van der Waals surface area (Å²) in [5, 5.41) is 8.18. The minimum absolute atomic E-state index is 0.112. The van der Waals surface area contributed by atoms with Crippen molar-refractivity contribution in [3.8, 4) is 16.3 Å². The Hall–Kier alpha value is -3.23. The largest absolute Gasteiger partial charge is 0.484 e. The number of aryl methyl sites for hydroxylation is 1. The van der Waals surface area contributed by atoms with Crippen LogP contribution in [0, 0.1) is 6.92 Å². The Kier molecular flexibility index (Phi) is 5.78. The van der Waals surface area contributed by atoms with Crippen LogP contribution in [0.2, 0.25) is 5.02 Å². The molecule has 0 saturated carbocycles. The molecular formula is C21H17ClN4O3S. The van der Waals surface area contributed by atoms with Crippen LogP contribution in [0.4, 0.5) is 0 Å². The average molecular weight is 441 g/mol. The topological polar surface area (TPSA) is 85.6 Å². The molecule has 2 aromatic carbocycles. The fraction of sp³-hybridized carbons (Fsp3) is 0.143. The van der Waals surface area contributed by atoms with E-state index >= 15 is 0 Å². The second kappa shape index (κ2) is 8.64. The molecule has 2 heterocycles. The van der Waals surface area contributed by atoms with Gasteiger partial charge in [-0.05, 0) is 24.6 Å². The quantitative estimate of drug-likeness (QED) is 0.496. The molecule has 0 unspecified atom stereocenters. The third kappa shape index (κ3) is 4.34. The van der Waals surface area contributed by atoms with Crippen LogP contribution in [-0.4, -0.2) is 27.1 Å². The molecular weight excluding hydrogens is 424 g/mol. The first-order valence-electron chi connectivity index (χ1n) is 9.11. The van der Waals surface area contributed by atoms with E-state index in [2.05, 4.69) is 15.4 Å². The highest BCUT2D eigenvalue weighted by Crippen LogP contribution is 2.30. The Morgan fingerprint density at radius 2 is 1.97 bits per heavy atom. The van der Waals surface area contributed by atoms with Gasteiger partial charge < -0.3 is 10.1 Å². The Morgan fingerprint density at radius 3 is 2.77 bits per heavy atom. The van der Waals surface area contributed by atoms with Gasteiger partial charge in [0.2, 0.25) is 4.96 Å². The maximum Gasteiger partial charge on any atom is 0.275 e. The van der Waals surface area contributed by atoms with Crippen molar-refractivity contribution in [2.45, 2.75) is 13.5 Å². The van der Waals surface area contributed by atoms with Crippen LogP contribution in [0.5, 0.6) is 5.75 Å². The third-order valence-corrected chi connectivity index (χ3v) is 5.59. The molecule has 4 rings (SSSR count). The number of carbonyl (C=O) groups excluding carboxylic acids is 1. The Labute approximate surface area is 180 Å². The molecule has 0 aliphatic rings. The number of nitrogens with zero attached hydrogens (tertiary/aromatic N) is 3. The summed E-state index contributed by atoms with van der Waals surface area (Å²) >= 11 is 7.48. The lowest BCUT2D eigenvalue weighted by atomic mass is 10.2. The van der Waals surface area contributed by atoms with Gasteiger partial charge in [0.15, 0.2) is 6.61 Å². The van der Waals surface area contributed by atoms with E-state index in [9.17, 15) is 9.59 Å². The lowest BCUT2D eigenvalue weighted by Gasteiger charge is -2.09. The van der Waals surface area contributed by atoms with Crippen molar-refractivity contribution in [2.24, 2.45) is 0 Å². The second-order valence-electron chi connectivity index (χ2n) is 6.50. The number of fused-ring (bicyclic) bond motifs is 1. The van der Waals surface area contributed by atoms with Crippen LogP contribution in [0.25, 0.3) is 15.5 Å². The summed E-state index contributed by atoms with van der Waals surface area (Å²) in [6.45, 7) is 1.90. The first-order valence-corrected chi connectivity index (χ1v) is 10.3. The van der Waals surface area contributed by atoms with Gasteiger partial charge in [0.1, 0.15) is 10.8 Å². The van der Waals surface area contributed by atoms with Crippen molar-refractivity contribution in [3.63, 3.8) is 0 Å². The summed E-state index contributed by atoms with van der Waals surface area (Å²) in [5.41, 5.74) is 1.80. The average Bonchev–Trinajstić information content (AvgIpc) is 3.16. The summed E-state index contributed by atoms with van der Waals surface area (Å²) in [5.74, 6) is 0.350. The lowest BCUT2D eigenvalue weighted by molar-refractivity contribution is -0.123. The van der Waals surface area contributed by atoms with Gasteiger partial charge in [-0.3, -0.25) is 9.59 Å². The van der Waals surface area contributed by atoms with E-state index in [1.807, 2.05) is 43.3 Å². The molecule has 0 saturated heterocycles. The second-order valence-corrected chi connectivity index (χ2v) is 7.86. The van der Waals surface area contributed by atoms with Gasteiger partial charge in [-0.2, -0.15) is 9.61 Å². The molecule has 0 atom stereocenters. The number of aromatic nitrogens is 3. The van der Waals surface area contributed by atoms with Crippen molar-refractivity contribution in [3.05, 3.63) is 81.2 Å². The third-order valence-electron chi connectivity index (χ3n) is 4.32. The van der Waals surface area contributed by atoms with E-state index in [1.54, 1.807) is 12.1 Å². The molecule has 9 heteroatoms. The van der Waals surface area contributed by atoms with Gasteiger partial charge in [0.05, 0.1) is 17.3 Å². The molecule has 1 N–H and O–H groups in total. The van der Waals surface area contributed by atoms with Crippen LogP contribution in [-0.2, 0) is 11.3 Å². The van der Waals surface area contributed by atoms with Crippen molar-refractivity contribution in [2.75, 3.05) is 6.61 Å². The lowest BCUT2D eigenvalue weighted by Crippen LogP contribution is -2.29. The van der Waals surface area contributed by atoms with Gasteiger partial charge in [0.25, 0.3) is 11.5 Å². The zero-order valence-electron chi connectivity index (χ0n) is 16.0. The molecule has 0 spiro atoms. The standard InChI is InChI=1S/C21H17ClN4O3S/c1-13-6-2-5-9-17(13)29-12-18(27)23-11-14-10-19(28)26-21(24-14)30-20(25-26)15-7-3-4-8-16(15)22/h2-10H,11-12H2,1H3,(H,23,27). The highest BCUT2D eigenvalue weighted by Gasteiger charge is 2.13. The van der Waals surface area contributed by atoms with Gasteiger partial charge >= 0.3 is 0 Å². The molecule has 0 fully saturated rings. The van der Waals surface area contributed by atoms with E-state index in [0.717, 1.165) is 11.1 Å². The first kappa shape index (κ1) is 20.1. The molecule has 30 heavy (non-hydrogen) atoms.